The van der Waals surface area contributed by atoms with E-state index in [-0.39, 0.29) is 12.4 Å². The normalized spacial score (nSPS) is 18.0. The third-order valence-electron chi connectivity index (χ3n) is 3.37. The summed E-state index contributed by atoms with van der Waals surface area (Å²) in [6, 6.07) is 10.8. The molecule has 1 atom stereocenters. The summed E-state index contributed by atoms with van der Waals surface area (Å²) in [5.74, 6) is 0. The van der Waals surface area contributed by atoms with E-state index in [4.69, 9.17) is 0 Å². The molecular weight excluding hydrogens is 258 g/mol. The van der Waals surface area contributed by atoms with Crippen molar-refractivity contribution in [2.45, 2.75) is 25.3 Å². The van der Waals surface area contributed by atoms with Gasteiger partial charge in [0.25, 0.3) is 0 Å². The second-order valence-electron chi connectivity index (χ2n) is 4.74. The molecule has 2 aromatic rings. The lowest BCUT2D eigenvalue weighted by Gasteiger charge is -2.09. The van der Waals surface area contributed by atoms with Gasteiger partial charge < -0.3 is 5.32 Å². The molecule has 3 nitrogen and oxygen atoms in total. The van der Waals surface area contributed by atoms with Gasteiger partial charge in [-0.25, -0.2) is 0 Å². The zero-order valence-corrected chi connectivity index (χ0v) is 11.6. The molecule has 19 heavy (non-hydrogen) atoms. The van der Waals surface area contributed by atoms with Crippen molar-refractivity contribution in [3.05, 3.63) is 59.7 Å². The predicted molar refractivity (Wildman–Crippen MR) is 78.5 cm³/mol. The van der Waals surface area contributed by atoms with E-state index >= 15 is 0 Å². The summed E-state index contributed by atoms with van der Waals surface area (Å²) in [6.07, 6.45) is 7.08. The smallest absolute Gasteiger partial charge is 0.0756 e. The average Bonchev–Trinajstić information content (AvgIpc) is 2.95. The predicted octanol–water partition coefficient (Wildman–Crippen LogP) is 2.91. The summed E-state index contributed by atoms with van der Waals surface area (Å²) < 4.78 is 0. The first kappa shape index (κ1) is 14.0. The molecule has 0 bridgehead atoms. The lowest BCUT2D eigenvalue weighted by Crippen LogP contribution is -2.14. The van der Waals surface area contributed by atoms with E-state index in [2.05, 4.69) is 39.6 Å². The van der Waals surface area contributed by atoms with Crippen LogP contribution in [0.5, 0.6) is 0 Å². The minimum atomic E-state index is 0. The van der Waals surface area contributed by atoms with Gasteiger partial charge in [0, 0.05) is 12.6 Å². The van der Waals surface area contributed by atoms with Gasteiger partial charge in [0.05, 0.1) is 23.6 Å². The number of nitrogens with one attached hydrogen (secondary N) is 1. The Kier molecular flexibility index (Phi) is 4.88. The summed E-state index contributed by atoms with van der Waals surface area (Å²) in [7, 11) is 0. The van der Waals surface area contributed by atoms with Crippen LogP contribution in [0.3, 0.4) is 0 Å². The fraction of sp³-hybridized carbons (Fsp3) is 0.333. The fourth-order valence-electron chi connectivity index (χ4n) is 2.38. The third-order valence-corrected chi connectivity index (χ3v) is 3.37. The summed E-state index contributed by atoms with van der Waals surface area (Å²) in [5.41, 5.74) is 3.38. The zero-order valence-electron chi connectivity index (χ0n) is 10.7. The van der Waals surface area contributed by atoms with Crippen molar-refractivity contribution < 1.29 is 0 Å². The number of aromatic nitrogens is 2. The highest BCUT2D eigenvalue weighted by Gasteiger charge is 2.17. The monoisotopic (exact) mass is 275 g/mol. The lowest BCUT2D eigenvalue weighted by molar-refractivity contribution is 0.622. The van der Waals surface area contributed by atoms with E-state index in [0.717, 1.165) is 24.4 Å². The Morgan fingerprint density at radius 2 is 1.95 bits per heavy atom. The molecule has 0 radical (unpaired) electrons. The molecule has 4 heteroatoms. The molecular formula is C15H18ClN3. The largest absolute Gasteiger partial charge is 0.309 e. The van der Waals surface area contributed by atoms with Crippen molar-refractivity contribution in [2.75, 3.05) is 6.54 Å². The first-order valence-electron chi connectivity index (χ1n) is 6.50. The van der Waals surface area contributed by atoms with Gasteiger partial charge in [-0.2, -0.15) is 0 Å². The van der Waals surface area contributed by atoms with Gasteiger partial charge >= 0.3 is 0 Å². The summed E-state index contributed by atoms with van der Waals surface area (Å²) in [5, 5.41) is 3.44. The van der Waals surface area contributed by atoms with Gasteiger partial charge in [0.2, 0.25) is 0 Å². The minimum absolute atomic E-state index is 0. The van der Waals surface area contributed by atoms with Gasteiger partial charge in [0.1, 0.15) is 0 Å². The molecule has 3 rings (SSSR count). The SMILES string of the molecule is Cl.c1ccc(Cc2cnc(C3CCCN3)cn2)cc1. The molecule has 0 amide bonds. The lowest BCUT2D eigenvalue weighted by atomic mass is 10.1. The van der Waals surface area contributed by atoms with E-state index in [0.29, 0.717) is 6.04 Å². The van der Waals surface area contributed by atoms with Crippen LogP contribution in [0.15, 0.2) is 42.7 Å². The molecule has 1 aliphatic rings. The van der Waals surface area contributed by atoms with Gasteiger partial charge in [-0.1, -0.05) is 30.3 Å². The molecule has 0 aliphatic carbocycles. The Morgan fingerprint density at radius 1 is 1.11 bits per heavy atom. The highest BCUT2D eigenvalue weighted by Crippen LogP contribution is 2.20. The van der Waals surface area contributed by atoms with Gasteiger partial charge in [0.15, 0.2) is 0 Å². The van der Waals surface area contributed by atoms with E-state index in [1.807, 2.05) is 18.5 Å². The summed E-state index contributed by atoms with van der Waals surface area (Å²) in [4.78, 5) is 9.05. The van der Waals surface area contributed by atoms with E-state index in [9.17, 15) is 0 Å². The summed E-state index contributed by atoms with van der Waals surface area (Å²) >= 11 is 0. The van der Waals surface area contributed by atoms with Crippen LogP contribution in [0.4, 0.5) is 0 Å². The molecule has 2 heterocycles. The Morgan fingerprint density at radius 3 is 2.58 bits per heavy atom. The van der Waals surface area contributed by atoms with Crippen LogP contribution in [-0.4, -0.2) is 16.5 Å². The van der Waals surface area contributed by atoms with Crippen molar-refractivity contribution in [1.82, 2.24) is 15.3 Å². The number of nitrogens with zero attached hydrogens (tertiary/aromatic N) is 2. The van der Waals surface area contributed by atoms with Crippen LogP contribution < -0.4 is 5.32 Å². The van der Waals surface area contributed by atoms with Crippen LogP contribution >= 0.6 is 12.4 Å². The van der Waals surface area contributed by atoms with Gasteiger partial charge in [-0.05, 0) is 24.9 Å². The average molecular weight is 276 g/mol. The Bertz CT molecular complexity index is 493. The topological polar surface area (TPSA) is 37.8 Å². The molecule has 100 valence electrons. The Hall–Kier alpha value is -1.45. The first-order valence-corrected chi connectivity index (χ1v) is 6.50. The molecule has 1 unspecified atom stereocenters. The van der Waals surface area contributed by atoms with Crippen LogP contribution in [0.2, 0.25) is 0 Å². The number of hydrogen-bond acceptors (Lipinski definition) is 3. The van der Waals surface area contributed by atoms with Gasteiger partial charge in [-0.3, -0.25) is 9.97 Å². The molecule has 1 fully saturated rings. The highest BCUT2D eigenvalue weighted by atomic mass is 35.5. The van der Waals surface area contributed by atoms with E-state index < -0.39 is 0 Å². The van der Waals surface area contributed by atoms with Crippen LogP contribution in [0, 0.1) is 0 Å². The molecule has 0 spiro atoms. The molecule has 1 N–H and O–H groups in total. The highest BCUT2D eigenvalue weighted by molar-refractivity contribution is 5.85. The first-order chi connectivity index (χ1) is 8.92. The molecule has 1 aromatic carbocycles. The van der Waals surface area contributed by atoms with Gasteiger partial charge in [-0.15, -0.1) is 12.4 Å². The maximum absolute atomic E-state index is 4.53. The Labute approximate surface area is 119 Å². The summed E-state index contributed by atoms with van der Waals surface area (Å²) in [6.45, 7) is 1.10. The van der Waals surface area contributed by atoms with Crippen LogP contribution in [0.25, 0.3) is 0 Å². The zero-order chi connectivity index (χ0) is 12.2. The minimum Gasteiger partial charge on any atom is -0.309 e. The second kappa shape index (κ2) is 6.64. The fourth-order valence-corrected chi connectivity index (χ4v) is 2.38. The maximum Gasteiger partial charge on any atom is 0.0756 e. The van der Waals surface area contributed by atoms with Crippen molar-refractivity contribution in [2.24, 2.45) is 0 Å². The number of rotatable bonds is 3. The van der Waals surface area contributed by atoms with Crippen molar-refractivity contribution in [3.63, 3.8) is 0 Å². The van der Waals surface area contributed by atoms with Crippen LogP contribution in [0.1, 0.15) is 35.8 Å². The van der Waals surface area contributed by atoms with Crippen molar-refractivity contribution >= 4 is 12.4 Å². The second-order valence-corrected chi connectivity index (χ2v) is 4.74. The molecule has 1 saturated heterocycles. The maximum atomic E-state index is 4.53. The standard InChI is InChI=1S/C15H17N3.ClH/c1-2-5-12(6-3-1)9-13-10-18-15(11-17-13)14-7-4-8-16-14;/h1-3,5-6,10-11,14,16H,4,7-9H2;1H. The van der Waals surface area contributed by atoms with E-state index in [1.54, 1.807) is 0 Å². The molecule has 1 aromatic heterocycles. The number of benzene rings is 1. The number of hydrogen-bond donors (Lipinski definition) is 1. The van der Waals surface area contributed by atoms with Crippen molar-refractivity contribution in [1.29, 1.82) is 0 Å². The molecule has 1 aliphatic heterocycles. The van der Waals surface area contributed by atoms with Crippen LogP contribution in [-0.2, 0) is 6.42 Å². The van der Waals surface area contributed by atoms with E-state index in [1.165, 1.54) is 18.4 Å². The van der Waals surface area contributed by atoms with Crippen molar-refractivity contribution in [3.8, 4) is 0 Å². The molecule has 0 saturated carbocycles. The third kappa shape index (κ3) is 3.52. The Balaban J connectivity index is 0.00000133. The quantitative estimate of drug-likeness (QED) is 0.936. The number of halogens is 1.